The molecule has 1 saturated carbocycles. The highest BCUT2D eigenvalue weighted by molar-refractivity contribution is 5.75. The number of primary amides is 1. The molecule has 6 heteroatoms. The van der Waals surface area contributed by atoms with Crippen molar-refractivity contribution in [3.05, 3.63) is 47.0 Å². The SMILES string of the molecule is Cc1cccc([C@@H](c2nc(CC(N)=O)nn2C2CCCCC2)N(C)C)c1. The molecule has 0 spiro atoms. The van der Waals surface area contributed by atoms with E-state index in [1.165, 1.54) is 30.4 Å². The predicted molar refractivity (Wildman–Crippen MR) is 102 cm³/mol. The zero-order chi connectivity index (χ0) is 18.7. The Morgan fingerprint density at radius 2 is 2.04 bits per heavy atom. The first-order valence-corrected chi connectivity index (χ1v) is 9.42. The van der Waals surface area contributed by atoms with E-state index in [9.17, 15) is 4.79 Å². The Balaban J connectivity index is 2.06. The summed E-state index contributed by atoms with van der Waals surface area (Å²) >= 11 is 0. The molecular formula is C20H29N5O. The maximum atomic E-state index is 11.4. The molecule has 1 aromatic heterocycles. The first kappa shape index (κ1) is 18.6. The number of hydrogen-bond donors (Lipinski definition) is 1. The number of nitrogens with two attached hydrogens (primary N) is 1. The number of rotatable bonds is 6. The topological polar surface area (TPSA) is 77.0 Å². The van der Waals surface area contributed by atoms with Crippen molar-refractivity contribution < 1.29 is 4.79 Å². The van der Waals surface area contributed by atoms with Crippen LogP contribution in [-0.4, -0.2) is 39.7 Å². The van der Waals surface area contributed by atoms with E-state index in [0.717, 1.165) is 18.7 Å². The van der Waals surface area contributed by atoms with Gasteiger partial charge < -0.3 is 5.73 Å². The van der Waals surface area contributed by atoms with E-state index in [1.54, 1.807) is 0 Å². The van der Waals surface area contributed by atoms with Gasteiger partial charge in [-0.05, 0) is 39.4 Å². The Kier molecular flexibility index (Phi) is 5.71. The molecule has 1 atom stereocenters. The molecule has 1 heterocycles. The smallest absolute Gasteiger partial charge is 0.225 e. The predicted octanol–water partition coefficient (Wildman–Crippen LogP) is 2.77. The number of nitrogens with zero attached hydrogens (tertiary/aromatic N) is 4. The van der Waals surface area contributed by atoms with Crippen molar-refractivity contribution in [1.29, 1.82) is 0 Å². The third-order valence-corrected chi connectivity index (χ3v) is 5.07. The van der Waals surface area contributed by atoms with E-state index in [2.05, 4.69) is 54.9 Å². The average molecular weight is 355 g/mol. The zero-order valence-electron chi connectivity index (χ0n) is 16.0. The van der Waals surface area contributed by atoms with Crippen LogP contribution in [0.5, 0.6) is 0 Å². The molecule has 0 unspecified atom stereocenters. The summed E-state index contributed by atoms with van der Waals surface area (Å²) in [7, 11) is 4.11. The Labute approximate surface area is 155 Å². The van der Waals surface area contributed by atoms with Crippen molar-refractivity contribution in [2.75, 3.05) is 14.1 Å². The largest absolute Gasteiger partial charge is 0.369 e. The molecule has 0 aliphatic heterocycles. The summed E-state index contributed by atoms with van der Waals surface area (Å²) in [6.07, 6.45) is 6.02. The van der Waals surface area contributed by atoms with Crippen LogP contribution in [0.3, 0.4) is 0 Å². The summed E-state index contributed by atoms with van der Waals surface area (Å²) in [4.78, 5) is 18.3. The number of hydrogen-bond acceptors (Lipinski definition) is 4. The number of amides is 1. The minimum Gasteiger partial charge on any atom is -0.369 e. The summed E-state index contributed by atoms with van der Waals surface area (Å²) in [5.74, 6) is 1.04. The molecule has 6 nitrogen and oxygen atoms in total. The van der Waals surface area contributed by atoms with E-state index < -0.39 is 5.91 Å². The van der Waals surface area contributed by atoms with Crippen molar-refractivity contribution in [2.24, 2.45) is 5.73 Å². The van der Waals surface area contributed by atoms with Crippen LogP contribution < -0.4 is 5.73 Å². The monoisotopic (exact) mass is 355 g/mol. The van der Waals surface area contributed by atoms with E-state index in [1.807, 2.05) is 0 Å². The normalized spacial score (nSPS) is 16.8. The van der Waals surface area contributed by atoms with Gasteiger partial charge in [0.05, 0.1) is 18.5 Å². The van der Waals surface area contributed by atoms with Gasteiger partial charge in [0.25, 0.3) is 0 Å². The number of carbonyl (C=O) groups excluding carboxylic acids is 1. The summed E-state index contributed by atoms with van der Waals surface area (Å²) < 4.78 is 2.07. The maximum absolute atomic E-state index is 11.4. The van der Waals surface area contributed by atoms with Gasteiger partial charge in [-0.15, -0.1) is 0 Å². The number of benzene rings is 1. The third-order valence-electron chi connectivity index (χ3n) is 5.07. The van der Waals surface area contributed by atoms with Crippen LogP contribution in [0.15, 0.2) is 24.3 Å². The van der Waals surface area contributed by atoms with E-state index in [4.69, 9.17) is 15.8 Å². The Morgan fingerprint density at radius 1 is 1.31 bits per heavy atom. The summed E-state index contributed by atoms with van der Waals surface area (Å²) in [6, 6.07) is 8.84. The highest BCUT2D eigenvalue weighted by Crippen LogP contribution is 2.33. The Morgan fingerprint density at radius 3 is 2.65 bits per heavy atom. The number of aromatic nitrogens is 3. The lowest BCUT2D eigenvalue weighted by Gasteiger charge is -2.29. The molecule has 1 aromatic carbocycles. The Hall–Kier alpha value is -2.21. The first-order valence-electron chi connectivity index (χ1n) is 9.42. The fraction of sp³-hybridized carbons (Fsp3) is 0.550. The summed E-state index contributed by atoms with van der Waals surface area (Å²) in [5.41, 5.74) is 7.79. The highest BCUT2D eigenvalue weighted by Gasteiger charge is 2.28. The van der Waals surface area contributed by atoms with Gasteiger partial charge in [-0.25, -0.2) is 9.67 Å². The molecule has 2 aromatic rings. The fourth-order valence-corrected chi connectivity index (χ4v) is 3.91. The molecule has 1 aliphatic carbocycles. The van der Waals surface area contributed by atoms with Crippen molar-refractivity contribution in [3.8, 4) is 0 Å². The van der Waals surface area contributed by atoms with Crippen molar-refractivity contribution in [3.63, 3.8) is 0 Å². The second-order valence-corrected chi connectivity index (χ2v) is 7.55. The molecule has 2 N–H and O–H groups in total. The van der Waals surface area contributed by atoms with Gasteiger partial charge in [-0.3, -0.25) is 9.69 Å². The van der Waals surface area contributed by atoms with Gasteiger partial charge in [0.2, 0.25) is 5.91 Å². The van der Waals surface area contributed by atoms with Crippen LogP contribution >= 0.6 is 0 Å². The quantitative estimate of drug-likeness (QED) is 0.864. The van der Waals surface area contributed by atoms with Crippen LogP contribution in [0.2, 0.25) is 0 Å². The van der Waals surface area contributed by atoms with Crippen molar-refractivity contribution in [2.45, 2.75) is 57.5 Å². The number of aryl methyl sites for hydroxylation is 1. The standard InChI is InChI=1S/C20H29N5O/c1-14-8-7-9-15(12-14)19(24(2)3)20-22-18(13-17(21)26)23-25(20)16-10-5-4-6-11-16/h7-9,12,16,19H,4-6,10-11,13H2,1-3H3,(H2,21,26)/t19-/m0/s1. The molecule has 140 valence electrons. The zero-order valence-corrected chi connectivity index (χ0v) is 16.0. The molecule has 1 fully saturated rings. The van der Waals surface area contributed by atoms with Gasteiger partial charge in [-0.2, -0.15) is 5.10 Å². The lowest BCUT2D eigenvalue weighted by molar-refractivity contribution is -0.117. The van der Waals surface area contributed by atoms with Gasteiger partial charge in [0, 0.05) is 0 Å². The van der Waals surface area contributed by atoms with Gasteiger partial charge in [0.1, 0.15) is 5.82 Å². The molecule has 1 amide bonds. The van der Waals surface area contributed by atoms with Crippen LogP contribution in [-0.2, 0) is 11.2 Å². The molecule has 1 aliphatic rings. The molecule has 26 heavy (non-hydrogen) atoms. The van der Waals surface area contributed by atoms with E-state index in [-0.39, 0.29) is 12.5 Å². The second-order valence-electron chi connectivity index (χ2n) is 7.55. The first-order chi connectivity index (χ1) is 12.5. The van der Waals surface area contributed by atoms with Crippen LogP contribution in [0.1, 0.15) is 67.0 Å². The molecule has 0 bridgehead atoms. The number of carbonyl (C=O) groups is 1. The van der Waals surface area contributed by atoms with Gasteiger partial charge in [0.15, 0.2) is 5.82 Å². The van der Waals surface area contributed by atoms with E-state index in [0.29, 0.717) is 11.9 Å². The lowest BCUT2D eigenvalue weighted by atomic mass is 9.95. The average Bonchev–Trinajstić information content (AvgIpc) is 2.98. The molecular weight excluding hydrogens is 326 g/mol. The van der Waals surface area contributed by atoms with Crippen LogP contribution in [0.4, 0.5) is 0 Å². The summed E-state index contributed by atoms with van der Waals surface area (Å²) in [6.45, 7) is 2.10. The van der Waals surface area contributed by atoms with Crippen LogP contribution in [0, 0.1) is 6.92 Å². The minimum absolute atomic E-state index is 0.00838. The second kappa shape index (κ2) is 7.99. The lowest BCUT2D eigenvalue weighted by Crippen LogP contribution is -2.27. The van der Waals surface area contributed by atoms with E-state index >= 15 is 0 Å². The minimum atomic E-state index is -0.394. The molecule has 0 saturated heterocycles. The van der Waals surface area contributed by atoms with Crippen molar-refractivity contribution in [1.82, 2.24) is 19.7 Å². The van der Waals surface area contributed by atoms with Crippen LogP contribution in [0.25, 0.3) is 0 Å². The third kappa shape index (κ3) is 4.12. The maximum Gasteiger partial charge on any atom is 0.225 e. The molecule has 0 radical (unpaired) electrons. The summed E-state index contributed by atoms with van der Waals surface area (Å²) in [5, 5.41) is 4.70. The van der Waals surface area contributed by atoms with Gasteiger partial charge in [-0.1, -0.05) is 49.1 Å². The molecule has 3 rings (SSSR count). The van der Waals surface area contributed by atoms with Crippen molar-refractivity contribution >= 4 is 5.91 Å². The highest BCUT2D eigenvalue weighted by atomic mass is 16.1. The van der Waals surface area contributed by atoms with Gasteiger partial charge >= 0.3 is 0 Å². The fourth-order valence-electron chi connectivity index (χ4n) is 3.91. The Bertz CT molecular complexity index is 761.